The summed E-state index contributed by atoms with van der Waals surface area (Å²) in [4.78, 5) is 12.7. The van der Waals surface area contributed by atoms with Crippen molar-refractivity contribution in [2.24, 2.45) is 11.8 Å². The summed E-state index contributed by atoms with van der Waals surface area (Å²) in [7, 11) is 0. The highest BCUT2D eigenvalue weighted by molar-refractivity contribution is 5.87. The molecular weight excluding hydrogens is 188 g/mol. The summed E-state index contributed by atoms with van der Waals surface area (Å²) in [6.07, 6.45) is 1.17. The highest BCUT2D eigenvalue weighted by Crippen LogP contribution is 2.37. The van der Waals surface area contributed by atoms with Crippen LogP contribution in [0.2, 0.25) is 0 Å². The van der Waals surface area contributed by atoms with Crippen molar-refractivity contribution in [2.75, 3.05) is 13.1 Å². The highest BCUT2D eigenvalue weighted by atomic mass is 19.3. The average molecular weight is 203 g/mol. The Morgan fingerprint density at radius 2 is 1.86 bits per heavy atom. The van der Waals surface area contributed by atoms with Crippen LogP contribution >= 0.6 is 0 Å². The second kappa shape index (κ2) is 3.67. The van der Waals surface area contributed by atoms with Gasteiger partial charge in [0.15, 0.2) is 0 Å². The second-order valence-electron chi connectivity index (χ2n) is 3.92. The van der Waals surface area contributed by atoms with Crippen LogP contribution in [0.1, 0.15) is 13.8 Å². The third-order valence-electron chi connectivity index (χ3n) is 2.79. The molecule has 1 fully saturated rings. The molecule has 2 atom stereocenters. The molecule has 0 spiro atoms. The van der Waals surface area contributed by atoms with E-state index in [2.05, 4.69) is 6.58 Å². The maximum atomic E-state index is 13.4. The number of alkyl halides is 2. The first-order valence-electron chi connectivity index (χ1n) is 4.68. The topological polar surface area (TPSA) is 20.3 Å². The number of amides is 1. The number of halogens is 2. The fourth-order valence-corrected chi connectivity index (χ4v) is 1.77. The molecule has 0 saturated carbocycles. The van der Waals surface area contributed by atoms with Gasteiger partial charge in [-0.25, -0.2) is 8.78 Å². The molecule has 0 N–H and O–H groups in total. The van der Waals surface area contributed by atoms with E-state index in [1.807, 2.05) is 0 Å². The summed E-state index contributed by atoms with van der Waals surface area (Å²) < 4.78 is 26.7. The van der Waals surface area contributed by atoms with Crippen LogP contribution in [-0.2, 0) is 4.79 Å². The minimum absolute atomic E-state index is 0.113. The van der Waals surface area contributed by atoms with E-state index in [-0.39, 0.29) is 19.0 Å². The number of rotatable bonds is 1. The van der Waals surface area contributed by atoms with Gasteiger partial charge in [0, 0.05) is 24.9 Å². The SMILES string of the molecule is C=CC(=O)N1CC(C)C(F)(F)C(C)C1. The molecule has 1 heterocycles. The van der Waals surface area contributed by atoms with Crippen LogP contribution in [0.15, 0.2) is 12.7 Å². The van der Waals surface area contributed by atoms with Crippen LogP contribution in [0.5, 0.6) is 0 Å². The monoisotopic (exact) mass is 203 g/mol. The van der Waals surface area contributed by atoms with Crippen molar-refractivity contribution in [1.82, 2.24) is 4.90 Å². The van der Waals surface area contributed by atoms with Crippen molar-refractivity contribution in [2.45, 2.75) is 19.8 Å². The lowest BCUT2D eigenvalue weighted by molar-refractivity contribution is -0.154. The lowest BCUT2D eigenvalue weighted by Crippen LogP contribution is -2.52. The van der Waals surface area contributed by atoms with E-state index in [0.717, 1.165) is 0 Å². The third kappa shape index (κ3) is 1.79. The average Bonchev–Trinajstić information content (AvgIpc) is 2.13. The molecular formula is C10H15F2NO. The first-order chi connectivity index (χ1) is 6.39. The fourth-order valence-electron chi connectivity index (χ4n) is 1.77. The van der Waals surface area contributed by atoms with Crippen molar-refractivity contribution in [3.63, 3.8) is 0 Å². The molecule has 0 bridgehead atoms. The van der Waals surface area contributed by atoms with Crippen LogP contribution in [0.25, 0.3) is 0 Å². The molecule has 0 aromatic carbocycles. The Bertz CT molecular complexity index is 239. The smallest absolute Gasteiger partial charge is 0.256 e. The molecule has 1 rings (SSSR count). The number of likely N-dealkylation sites (tertiary alicyclic amines) is 1. The summed E-state index contributed by atoms with van der Waals surface area (Å²) >= 11 is 0. The molecule has 2 unspecified atom stereocenters. The van der Waals surface area contributed by atoms with Crippen LogP contribution in [0.3, 0.4) is 0 Å². The highest BCUT2D eigenvalue weighted by Gasteiger charge is 2.47. The quantitative estimate of drug-likeness (QED) is 0.596. The van der Waals surface area contributed by atoms with Gasteiger partial charge < -0.3 is 4.90 Å². The van der Waals surface area contributed by atoms with E-state index in [9.17, 15) is 13.6 Å². The summed E-state index contributed by atoms with van der Waals surface area (Å²) in [5, 5.41) is 0. The van der Waals surface area contributed by atoms with Gasteiger partial charge in [0.05, 0.1) is 0 Å². The van der Waals surface area contributed by atoms with Gasteiger partial charge in [-0.3, -0.25) is 4.79 Å². The second-order valence-corrected chi connectivity index (χ2v) is 3.92. The zero-order valence-electron chi connectivity index (χ0n) is 8.46. The van der Waals surface area contributed by atoms with Gasteiger partial charge in [0.25, 0.3) is 5.92 Å². The lowest BCUT2D eigenvalue weighted by Gasteiger charge is -2.40. The van der Waals surface area contributed by atoms with Crippen LogP contribution < -0.4 is 0 Å². The summed E-state index contributed by atoms with van der Waals surface area (Å²) in [5.41, 5.74) is 0. The number of carbonyl (C=O) groups excluding carboxylic acids is 1. The Hall–Kier alpha value is -0.930. The largest absolute Gasteiger partial charge is 0.338 e. The summed E-state index contributed by atoms with van der Waals surface area (Å²) in [6.45, 7) is 6.51. The number of nitrogens with zero attached hydrogens (tertiary/aromatic N) is 1. The van der Waals surface area contributed by atoms with Crippen molar-refractivity contribution in [3.05, 3.63) is 12.7 Å². The molecule has 0 aromatic rings. The van der Waals surface area contributed by atoms with E-state index >= 15 is 0 Å². The minimum atomic E-state index is -2.67. The molecule has 0 aromatic heterocycles. The zero-order valence-corrected chi connectivity index (χ0v) is 8.46. The number of hydrogen-bond donors (Lipinski definition) is 0. The normalized spacial score (nSPS) is 31.3. The first kappa shape index (κ1) is 11.1. The molecule has 1 aliphatic rings. The van der Waals surface area contributed by atoms with Crippen LogP contribution in [0, 0.1) is 11.8 Å². The number of carbonyl (C=O) groups is 1. The van der Waals surface area contributed by atoms with E-state index < -0.39 is 17.8 Å². The van der Waals surface area contributed by atoms with Crippen LogP contribution in [0.4, 0.5) is 8.78 Å². The Labute approximate surface area is 82.6 Å². The molecule has 80 valence electrons. The summed E-state index contributed by atoms with van der Waals surface area (Å²) in [5.74, 6) is -4.50. The van der Waals surface area contributed by atoms with Crippen molar-refractivity contribution in [1.29, 1.82) is 0 Å². The van der Waals surface area contributed by atoms with Gasteiger partial charge in [-0.1, -0.05) is 20.4 Å². The van der Waals surface area contributed by atoms with E-state index in [4.69, 9.17) is 0 Å². The standard InChI is InChI=1S/C10H15F2NO/c1-4-9(14)13-5-7(2)10(11,12)8(3)6-13/h4,7-8H,1,5-6H2,2-3H3. The molecule has 1 amide bonds. The molecule has 2 nitrogen and oxygen atoms in total. The van der Waals surface area contributed by atoms with Gasteiger partial charge >= 0.3 is 0 Å². The van der Waals surface area contributed by atoms with Gasteiger partial charge in [0.1, 0.15) is 0 Å². The molecule has 1 saturated heterocycles. The Kier molecular flexibility index (Phi) is 2.92. The van der Waals surface area contributed by atoms with E-state index in [1.54, 1.807) is 0 Å². The Morgan fingerprint density at radius 1 is 1.43 bits per heavy atom. The molecule has 0 radical (unpaired) electrons. The van der Waals surface area contributed by atoms with Gasteiger partial charge in [-0.05, 0) is 6.08 Å². The van der Waals surface area contributed by atoms with Gasteiger partial charge in [-0.15, -0.1) is 0 Å². The van der Waals surface area contributed by atoms with Crippen molar-refractivity contribution < 1.29 is 13.6 Å². The number of piperidine rings is 1. The summed E-state index contributed by atoms with van der Waals surface area (Å²) in [6, 6.07) is 0. The predicted molar refractivity (Wildman–Crippen MR) is 50.1 cm³/mol. The predicted octanol–water partition coefficient (Wildman–Crippen LogP) is 1.92. The van der Waals surface area contributed by atoms with Gasteiger partial charge in [-0.2, -0.15) is 0 Å². The number of hydrogen-bond acceptors (Lipinski definition) is 1. The molecule has 14 heavy (non-hydrogen) atoms. The zero-order chi connectivity index (χ0) is 10.9. The first-order valence-corrected chi connectivity index (χ1v) is 4.68. The van der Waals surface area contributed by atoms with Crippen LogP contribution in [-0.4, -0.2) is 29.8 Å². The van der Waals surface area contributed by atoms with Gasteiger partial charge in [0.2, 0.25) is 5.91 Å². The van der Waals surface area contributed by atoms with E-state index in [1.165, 1.54) is 24.8 Å². The third-order valence-corrected chi connectivity index (χ3v) is 2.79. The fraction of sp³-hybridized carbons (Fsp3) is 0.700. The molecule has 0 aliphatic carbocycles. The molecule has 4 heteroatoms. The Morgan fingerprint density at radius 3 is 2.21 bits per heavy atom. The van der Waals surface area contributed by atoms with E-state index in [0.29, 0.717) is 0 Å². The maximum Gasteiger partial charge on any atom is 0.256 e. The van der Waals surface area contributed by atoms with Crippen molar-refractivity contribution in [3.8, 4) is 0 Å². The minimum Gasteiger partial charge on any atom is -0.338 e. The van der Waals surface area contributed by atoms with Crippen molar-refractivity contribution >= 4 is 5.91 Å². The maximum absolute atomic E-state index is 13.4. The Balaban J connectivity index is 2.75. The lowest BCUT2D eigenvalue weighted by atomic mass is 9.87. The molecule has 1 aliphatic heterocycles.